The maximum atomic E-state index is 12.3. The second-order valence-corrected chi connectivity index (χ2v) is 6.93. The number of nitrogens with zero attached hydrogens (tertiary/aromatic N) is 5. The lowest BCUT2D eigenvalue weighted by Gasteiger charge is -2.00. The summed E-state index contributed by atoms with van der Waals surface area (Å²) < 4.78 is 7.84. The van der Waals surface area contributed by atoms with E-state index in [0.717, 1.165) is 21.4 Å². The third kappa shape index (κ3) is 3.84. The molecule has 0 saturated carbocycles. The fourth-order valence-corrected chi connectivity index (χ4v) is 2.86. The zero-order valence-corrected chi connectivity index (χ0v) is 16.4. The molecule has 28 heavy (non-hydrogen) atoms. The van der Waals surface area contributed by atoms with Crippen LogP contribution in [-0.4, -0.2) is 30.8 Å². The molecule has 0 spiro atoms. The van der Waals surface area contributed by atoms with Gasteiger partial charge in [0.05, 0.1) is 16.9 Å². The van der Waals surface area contributed by atoms with E-state index in [9.17, 15) is 4.79 Å². The molecule has 3 heterocycles. The van der Waals surface area contributed by atoms with Crippen LogP contribution in [0.4, 0.5) is 0 Å². The van der Waals surface area contributed by atoms with Gasteiger partial charge in [0.25, 0.3) is 0 Å². The highest BCUT2D eigenvalue weighted by Crippen LogP contribution is 2.22. The third-order valence-electron chi connectivity index (χ3n) is 4.03. The fourth-order valence-electron chi connectivity index (χ4n) is 2.59. The Morgan fingerprint density at radius 3 is 2.82 bits per heavy atom. The number of carbonyl (C=O) groups excluding carboxylic acids is 1. The summed E-state index contributed by atoms with van der Waals surface area (Å²) in [6, 6.07) is 11.4. The lowest BCUT2D eigenvalue weighted by Crippen LogP contribution is -2.23. The molecule has 1 N–H and O–H groups in total. The minimum atomic E-state index is -0.444. The van der Waals surface area contributed by atoms with Gasteiger partial charge in [-0.1, -0.05) is 27.2 Å². The lowest BCUT2D eigenvalue weighted by molar-refractivity contribution is 0.0907. The Balaban J connectivity index is 1.51. The van der Waals surface area contributed by atoms with Gasteiger partial charge in [0, 0.05) is 29.6 Å². The summed E-state index contributed by atoms with van der Waals surface area (Å²) in [5, 5.41) is 11.1. The van der Waals surface area contributed by atoms with E-state index in [-0.39, 0.29) is 5.89 Å². The number of aryl methyl sites for hydroxylation is 1. The van der Waals surface area contributed by atoms with E-state index in [1.54, 1.807) is 29.3 Å². The molecule has 0 aliphatic rings. The van der Waals surface area contributed by atoms with E-state index in [2.05, 4.69) is 41.5 Å². The summed E-state index contributed by atoms with van der Waals surface area (Å²) in [7, 11) is 0. The van der Waals surface area contributed by atoms with Crippen LogP contribution in [0.15, 0.2) is 64.0 Å². The average molecular weight is 439 g/mol. The summed E-state index contributed by atoms with van der Waals surface area (Å²) in [5.41, 5.74) is 3.20. The van der Waals surface area contributed by atoms with Gasteiger partial charge in [-0.05, 0) is 42.8 Å². The predicted octanol–water partition coefficient (Wildman–Crippen LogP) is 3.32. The van der Waals surface area contributed by atoms with Crippen molar-refractivity contribution < 1.29 is 9.32 Å². The van der Waals surface area contributed by atoms with Gasteiger partial charge in [-0.3, -0.25) is 9.78 Å². The summed E-state index contributed by atoms with van der Waals surface area (Å²) in [4.78, 5) is 20.5. The van der Waals surface area contributed by atoms with Crippen LogP contribution < -0.4 is 5.32 Å². The largest absolute Gasteiger partial charge is 0.344 e. The van der Waals surface area contributed by atoms with Crippen LogP contribution in [0.2, 0.25) is 0 Å². The zero-order chi connectivity index (χ0) is 19.5. The first kappa shape index (κ1) is 18.1. The number of nitrogens with one attached hydrogen (secondary N) is 1. The van der Waals surface area contributed by atoms with Crippen LogP contribution >= 0.6 is 15.9 Å². The third-order valence-corrected chi connectivity index (χ3v) is 4.56. The summed E-state index contributed by atoms with van der Waals surface area (Å²) in [6.07, 6.45) is 5.16. The monoisotopic (exact) mass is 438 g/mol. The maximum Gasteiger partial charge on any atom is 0.316 e. The van der Waals surface area contributed by atoms with Crippen LogP contribution in [0.5, 0.6) is 0 Å². The second-order valence-electron chi connectivity index (χ2n) is 6.02. The number of amides is 1. The Kier molecular flexibility index (Phi) is 4.98. The van der Waals surface area contributed by atoms with Crippen molar-refractivity contribution in [1.29, 1.82) is 0 Å². The van der Waals surface area contributed by atoms with Crippen molar-refractivity contribution >= 4 is 21.8 Å². The first-order valence-corrected chi connectivity index (χ1v) is 9.23. The minimum absolute atomic E-state index is 0.102. The van der Waals surface area contributed by atoms with E-state index in [1.807, 2.05) is 37.3 Å². The number of rotatable bonds is 5. The Morgan fingerprint density at radius 1 is 1.25 bits per heavy atom. The number of carbonyl (C=O) groups is 1. The Bertz CT molecular complexity index is 1110. The smallest absolute Gasteiger partial charge is 0.316 e. The van der Waals surface area contributed by atoms with E-state index in [4.69, 9.17) is 4.52 Å². The van der Waals surface area contributed by atoms with Crippen molar-refractivity contribution in [3.8, 4) is 17.1 Å². The van der Waals surface area contributed by atoms with Crippen molar-refractivity contribution in [2.24, 2.45) is 0 Å². The van der Waals surface area contributed by atoms with Crippen molar-refractivity contribution in [3.05, 3.63) is 76.6 Å². The van der Waals surface area contributed by atoms with E-state index < -0.39 is 5.91 Å². The highest BCUT2D eigenvalue weighted by Gasteiger charge is 2.19. The average Bonchev–Trinajstić information content (AvgIpc) is 3.34. The van der Waals surface area contributed by atoms with Crippen LogP contribution in [0, 0.1) is 6.92 Å². The number of halogens is 1. The molecule has 0 unspecified atom stereocenters. The molecule has 0 saturated heterocycles. The van der Waals surface area contributed by atoms with Gasteiger partial charge in [0.15, 0.2) is 0 Å². The highest BCUT2D eigenvalue weighted by atomic mass is 79.9. The van der Waals surface area contributed by atoms with Crippen molar-refractivity contribution in [1.82, 2.24) is 30.2 Å². The highest BCUT2D eigenvalue weighted by molar-refractivity contribution is 9.10. The molecule has 0 fully saturated rings. The SMILES string of the molecule is Cc1nn(-c2ccc(Br)cc2)cc1-c1noc(C(=O)NCc2cccnc2)n1. The Hall–Kier alpha value is -3.33. The molecule has 8 nitrogen and oxygen atoms in total. The molecule has 1 amide bonds. The van der Waals surface area contributed by atoms with Crippen LogP contribution in [0.25, 0.3) is 17.1 Å². The van der Waals surface area contributed by atoms with E-state index >= 15 is 0 Å². The molecule has 140 valence electrons. The molecule has 0 atom stereocenters. The Morgan fingerprint density at radius 2 is 2.07 bits per heavy atom. The molecule has 0 bridgehead atoms. The van der Waals surface area contributed by atoms with Gasteiger partial charge >= 0.3 is 11.8 Å². The summed E-state index contributed by atoms with van der Waals surface area (Å²) in [5.74, 6) is -0.234. The van der Waals surface area contributed by atoms with Crippen molar-refractivity contribution in [2.75, 3.05) is 0 Å². The van der Waals surface area contributed by atoms with Gasteiger partial charge in [-0.15, -0.1) is 0 Å². The zero-order valence-electron chi connectivity index (χ0n) is 14.8. The first-order chi connectivity index (χ1) is 13.6. The molecule has 1 aromatic carbocycles. The quantitative estimate of drug-likeness (QED) is 0.512. The lowest BCUT2D eigenvalue weighted by atomic mass is 10.2. The Labute approximate surface area is 168 Å². The van der Waals surface area contributed by atoms with Crippen LogP contribution in [0.3, 0.4) is 0 Å². The topological polar surface area (TPSA) is 98.7 Å². The van der Waals surface area contributed by atoms with Gasteiger partial charge in [-0.25, -0.2) is 4.68 Å². The number of aromatic nitrogens is 5. The van der Waals surface area contributed by atoms with Crippen molar-refractivity contribution in [3.63, 3.8) is 0 Å². The minimum Gasteiger partial charge on any atom is -0.344 e. The molecule has 0 aliphatic carbocycles. The molecule has 4 aromatic rings. The molecular formula is C19H15BrN6O2. The molecule has 9 heteroatoms. The van der Waals surface area contributed by atoms with Crippen LogP contribution in [0.1, 0.15) is 21.9 Å². The fraction of sp³-hybridized carbons (Fsp3) is 0.105. The van der Waals surface area contributed by atoms with Gasteiger partial charge in [0.2, 0.25) is 5.82 Å². The van der Waals surface area contributed by atoms with Gasteiger partial charge in [-0.2, -0.15) is 10.1 Å². The molecule has 0 radical (unpaired) electrons. The first-order valence-electron chi connectivity index (χ1n) is 8.43. The molecular weight excluding hydrogens is 424 g/mol. The van der Waals surface area contributed by atoms with E-state index in [1.165, 1.54) is 0 Å². The number of hydrogen-bond acceptors (Lipinski definition) is 6. The van der Waals surface area contributed by atoms with Crippen LogP contribution in [-0.2, 0) is 6.54 Å². The van der Waals surface area contributed by atoms with Crippen molar-refractivity contribution in [2.45, 2.75) is 13.5 Å². The standard InChI is InChI=1S/C19H15BrN6O2/c1-12-16(11-26(24-12)15-6-4-14(20)5-7-15)17-23-19(28-25-17)18(27)22-10-13-3-2-8-21-9-13/h2-9,11H,10H2,1H3,(H,22,27). The summed E-state index contributed by atoms with van der Waals surface area (Å²) >= 11 is 3.41. The normalized spacial score (nSPS) is 10.8. The number of pyridine rings is 1. The predicted molar refractivity (Wildman–Crippen MR) is 105 cm³/mol. The number of benzene rings is 1. The summed E-state index contributed by atoms with van der Waals surface area (Å²) in [6.45, 7) is 2.17. The molecule has 4 rings (SSSR count). The van der Waals surface area contributed by atoms with Gasteiger partial charge in [0.1, 0.15) is 0 Å². The number of hydrogen-bond donors (Lipinski definition) is 1. The van der Waals surface area contributed by atoms with E-state index in [0.29, 0.717) is 17.9 Å². The molecule has 3 aromatic heterocycles. The molecule has 0 aliphatic heterocycles. The van der Waals surface area contributed by atoms with Gasteiger partial charge < -0.3 is 9.84 Å². The maximum absolute atomic E-state index is 12.3. The second kappa shape index (κ2) is 7.73.